The van der Waals surface area contributed by atoms with Gasteiger partial charge in [-0.1, -0.05) is 41.4 Å². The van der Waals surface area contributed by atoms with Crippen LogP contribution in [0.5, 0.6) is 0 Å². The number of nitrogens with zero attached hydrogens (tertiary/aromatic N) is 2. The Bertz CT molecular complexity index is 1000. The van der Waals surface area contributed by atoms with Crippen molar-refractivity contribution in [2.75, 3.05) is 0 Å². The van der Waals surface area contributed by atoms with E-state index in [0.717, 1.165) is 11.3 Å². The molecule has 1 amide bonds. The highest BCUT2D eigenvalue weighted by Gasteiger charge is 2.44. The molecule has 1 aliphatic heterocycles. The van der Waals surface area contributed by atoms with Crippen molar-refractivity contribution in [3.63, 3.8) is 0 Å². The summed E-state index contributed by atoms with van der Waals surface area (Å²) in [6.07, 6.45) is 5.36. The summed E-state index contributed by atoms with van der Waals surface area (Å²) in [6.45, 7) is 4.13. The molecule has 0 fully saturated rings. The van der Waals surface area contributed by atoms with Crippen LogP contribution in [0, 0.1) is 0 Å². The highest BCUT2D eigenvalue weighted by Crippen LogP contribution is 2.43. The van der Waals surface area contributed by atoms with Crippen molar-refractivity contribution in [2.24, 2.45) is 0 Å². The van der Waals surface area contributed by atoms with Crippen LogP contribution >= 0.6 is 23.2 Å². The smallest absolute Gasteiger partial charge is 0.261 e. The molecule has 1 aromatic heterocycles. The van der Waals surface area contributed by atoms with E-state index in [-0.39, 0.29) is 24.2 Å². The quantitative estimate of drug-likeness (QED) is 0.705. The van der Waals surface area contributed by atoms with Crippen LogP contribution in [0.15, 0.2) is 59.4 Å². The van der Waals surface area contributed by atoms with Crippen molar-refractivity contribution < 1.29 is 9.59 Å². The summed E-state index contributed by atoms with van der Waals surface area (Å²) in [7, 11) is 0. The van der Waals surface area contributed by atoms with Gasteiger partial charge in [0.05, 0.1) is 17.0 Å². The highest BCUT2D eigenvalue weighted by atomic mass is 35.5. The third kappa shape index (κ3) is 2.93. The Morgan fingerprint density at radius 2 is 1.78 bits per heavy atom. The number of aromatic nitrogens is 1. The van der Waals surface area contributed by atoms with Gasteiger partial charge in [-0.05, 0) is 43.7 Å². The number of amides is 1. The lowest BCUT2D eigenvalue weighted by atomic mass is 10.0. The minimum Gasteiger partial charge on any atom is -0.346 e. The van der Waals surface area contributed by atoms with Crippen LogP contribution in [0.4, 0.5) is 0 Å². The summed E-state index contributed by atoms with van der Waals surface area (Å²) in [5.74, 6) is -0.303. The Morgan fingerprint density at radius 1 is 1.07 bits per heavy atom. The average molecular weight is 401 g/mol. The fraction of sp³-hybridized carbons (Fsp3) is 0.238. The maximum absolute atomic E-state index is 13.3. The molecule has 6 heteroatoms. The van der Waals surface area contributed by atoms with Gasteiger partial charge in [0.15, 0.2) is 5.78 Å². The van der Waals surface area contributed by atoms with E-state index in [2.05, 4.69) is 18.4 Å². The first-order valence-electron chi connectivity index (χ1n) is 8.78. The Balaban J connectivity index is 1.93. The van der Waals surface area contributed by atoms with E-state index >= 15 is 0 Å². The number of carbonyl (C=O) groups is 2. The molecule has 2 aromatic rings. The van der Waals surface area contributed by atoms with Crippen molar-refractivity contribution in [1.29, 1.82) is 0 Å². The SMILES string of the molecule is CC(C)n1ccc2c1C(c1ccc(Cl)cc1)N(C1=CC(Cl)=CCC1=O)C2=O. The number of Topliss-reactive ketones (excluding diaryl/α,β-unsaturated/α-hetero) is 1. The predicted octanol–water partition coefficient (Wildman–Crippen LogP) is 5.25. The predicted molar refractivity (Wildman–Crippen MR) is 106 cm³/mol. The van der Waals surface area contributed by atoms with Gasteiger partial charge in [0.1, 0.15) is 6.04 Å². The van der Waals surface area contributed by atoms with Crippen molar-refractivity contribution in [3.8, 4) is 0 Å². The van der Waals surface area contributed by atoms with E-state index in [4.69, 9.17) is 23.2 Å². The molecule has 0 spiro atoms. The Hall–Kier alpha value is -2.30. The monoisotopic (exact) mass is 400 g/mol. The molecule has 1 aromatic carbocycles. The third-order valence-corrected chi connectivity index (χ3v) is 5.48. The summed E-state index contributed by atoms with van der Waals surface area (Å²) >= 11 is 12.2. The average Bonchev–Trinajstić information content (AvgIpc) is 3.17. The van der Waals surface area contributed by atoms with Gasteiger partial charge in [0.2, 0.25) is 0 Å². The number of halogens is 2. The molecule has 4 rings (SSSR count). The van der Waals surface area contributed by atoms with E-state index in [0.29, 0.717) is 21.3 Å². The van der Waals surface area contributed by atoms with Gasteiger partial charge >= 0.3 is 0 Å². The number of rotatable bonds is 3. The van der Waals surface area contributed by atoms with Crippen LogP contribution in [-0.4, -0.2) is 21.2 Å². The second-order valence-electron chi connectivity index (χ2n) is 6.99. The van der Waals surface area contributed by atoms with E-state index < -0.39 is 6.04 Å². The van der Waals surface area contributed by atoms with Gasteiger partial charge in [-0.25, -0.2) is 0 Å². The van der Waals surface area contributed by atoms with Gasteiger partial charge < -0.3 is 4.57 Å². The molecule has 1 unspecified atom stereocenters. The van der Waals surface area contributed by atoms with Crippen LogP contribution in [-0.2, 0) is 4.79 Å². The second kappa shape index (κ2) is 6.70. The number of fused-ring (bicyclic) bond motifs is 1. The van der Waals surface area contributed by atoms with Crippen molar-refractivity contribution in [2.45, 2.75) is 32.4 Å². The van der Waals surface area contributed by atoms with Gasteiger partial charge in [-0.3, -0.25) is 14.5 Å². The molecule has 0 N–H and O–H groups in total. The number of ketones is 1. The first kappa shape index (κ1) is 18.1. The first-order valence-corrected chi connectivity index (χ1v) is 9.54. The molecule has 0 saturated heterocycles. The second-order valence-corrected chi connectivity index (χ2v) is 7.86. The molecule has 138 valence electrons. The zero-order chi connectivity index (χ0) is 19.3. The number of hydrogen-bond acceptors (Lipinski definition) is 2. The first-order chi connectivity index (χ1) is 12.9. The van der Waals surface area contributed by atoms with E-state index in [9.17, 15) is 9.59 Å². The fourth-order valence-electron chi connectivity index (χ4n) is 3.72. The maximum Gasteiger partial charge on any atom is 0.261 e. The lowest BCUT2D eigenvalue weighted by Gasteiger charge is -2.30. The van der Waals surface area contributed by atoms with Crippen LogP contribution in [0.2, 0.25) is 5.02 Å². The summed E-state index contributed by atoms with van der Waals surface area (Å²) in [5.41, 5.74) is 2.73. The van der Waals surface area contributed by atoms with E-state index in [1.807, 2.05) is 24.4 Å². The third-order valence-electron chi connectivity index (χ3n) is 4.97. The molecule has 4 nitrogen and oxygen atoms in total. The molecule has 27 heavy (non-hydrogen) atoms. The number of allylic oxidation sites excluding steroid dienone is 4. The van der Waals surface area contributed by atoms with Gasteiger partial charge in [0, 0.05) is 28.7 Å². The summed E-state index contributed by atoms with van der Waals surface area (Å²) < 4.78 is 2.08. The summed E-state index contributed by atoms with van der Waals surface area (Å²) in [4.78, 5) is 27.4. The number of benzene rings is 1. The van der Waals surface area contributed by atoms with Crippen molar-refractivity contribution >= 4 is 34.9 Å². The van der Waals surface area contributed by atoms with Crippen LogP contribution in [0.3, 0.4) is 0 Å². The Labute approximate surface area is 167 Å². The Kier molecular flexibility index (Phi) is 4.49. The molecular formula is C21H18Cl2N2O2. The zero-order valence-corrected chi connectivity index (χ0v) is 16.5. The largest absolute Gasteiger partial charge is 0.346 e. The molecule has 0 saturated carbocycles. The lowest BCUT2D eigenvalue weighted by Crippen LogP contribution is -2.33. The number of hydrogen-bond donors (Lipinski definition) is 0. The molecule has 0 radical (unpaired) electrons. The molecule has 2 aliphatic rings. The standard InChI is InChI=1S/C21H18Cl2N2O2/c1-12(2)24-10-9-16-20(24)19(13-3-5-14(22)6-4-13)25(21(16)27)17-11-15(23)7-8-18(17)26/h3-7,9-12,19H,8H2,1-2H3. The van der Waals surface area contributed by atoms with Crippen molar-refractivity contribution in [3.05, 3.63) is 81.3 Å². The molecular weight excluding hydrogens is 383 g/mol. The fourth-order valence-corrected chi connectivity index (χ4v) is 4.02. The lowest BCUT2D eigenvalue weighted by molar-refractivity contribution is -0.116. The molecule has 1 atom stereocenters. The number of carbonyl (C=O) groups excluding carboxylic acids is 2. The van der Waals surface area contributed by atoms with Gasteiger partial charge in [-0.2, -0.15) is 0 Å². The van der Waals surface area contributed by atoms with Crippen LogP contribution in [0.25, 0.3) is 0 Å². The summed E-state index contributed by atoms with van der Waals surface area (Å²) in [5, 5.41) is 1.09. The van der Waals surface area contributed by atoms with Crippen LogP contribution < -0.4 is 0 Å². The van der Waals surface area contributed by atoms with Crippen LogP contribution in [0.1, 0.15) is 54.0 Å². The minimum atomic E-state index is -0.403. The molecule has 1 aliphatic carbocycles. The molecule has 2 heterocycles. The molecule has 0 bridgehead atoms. The normalized spacial score (nSPS) is 19.4. The van der Waals surface area contributed by atoms with Crippen molar-refractivity contribution in [1.82, 2.24) is 9.47 Å². The maximum atomic E-state index is 13.3. The van der Waals surface area contributed by atoms with E-state index in [1.165, 1.54) is 0 Å². The minimum absolute atomic E-state index is 0.118. The topological polar surface area (TPSA) is 42.3 Å². The zero-order valence-electron chi connectivity index (χ0n) is 14.9. The summed E-state index contributed by atoms with van der Waals surface area (Å²) in [6, 6.07) is 8.98. The highest BCUT2D eigenvalue weighted by molar-refractivity contribution is 6.32. The van der Waals surface area contributed by atoms with Gasteiger partial charge in [0.25, 0.3) is 5.91 Å². The van der Waals surface area contributed by atoms with Gasteiger partial charge in [-0.15, -0.1) is 0 Å². The van der Waals surface area contributed by atoms with E-state index in [1.54, 1.807) is 29.2 Å². The Morgan fingerprint density at radius 3 is 2.44 bits per heavy atom.